The van der Waals surface area contributed by atoms with E-state index in [0.29, 0.717) is 23.4 Å². The highest BCUT2D eigenvalue weighted by molar-refractivity contribution is 7.12. The van der Waals surface area contributed by atoms with Gasteiger partial charge in [0.05, 0.1) is 12.1 Å². The molecule has 2 N–H and O–H groups in total. The molecular formula is C22H24ClFN2O4S. The number of hydrogen-bond acceptors (Lipinski definition) is 5. The van der Waals surface area contributed by atoms with Crippen LogP contribution in [0.5, 0.6) is 0 Å². The number of ketones is 1. The molecule has 0 fully saturated rings. The summed E-state index contributed by atoms with van der Waals surface area (Å²) in [6.45, 7) is 6.06. The molecule has 2 aromatic rings. The van der Waals surface area contributed by atoms with Crippen LogP contribution in [0.1, 0.15) is 52.0 Å². The van der Waals surface area contributed by atoms with Crippen LogP contribution in [0.4, 0.5) is 9.18 Å². The molecule has 1 aromatic heterocycles. The maximum absolute atomic E-state index is 14.0. The third-order valence-corrected chi connectivity index (χ3v) is 6.24. The summed E-state index contributed by atoms with van der Waals surface area (Å²) in [5.41, 5.74) is 6.36. The van der Waals surface area contributed by atoms with Gasteiger partial charge in [-0.2, -0.15) is 0 Å². The average Bonchev–Trinajstić information content (AvgIpc) is 2.99. The van der Waals surface area contributed by atoms with Crippen LogP contribution in [0.15, 0.2) is 18.2 Å². The molecule has 0 aliphatic carbocycles. The van der Waals surface area contributed by atoms with Gasteiger partial charge in [0.15, 0.2) is 0 Å². The summed E-state index contributed by atoms with van der Waals surface area (Å²) in [7, 11) is 0. The number of nitrogens with two attached hydrogens (primary N) is 1. The number of hydrogen-bond donors (Lipinski definition) is 1. The van der Waals surface area contributed by atoms with Crippen molar-refractivity contribution in [3.05, 3.63) is 55.5 Å². The summed E-state index contributed by atoms with van der Waals surface area (Å²) >= 11 is 7.04. The van der Waals surface area contributed by atoms with Gasteiger partial charge in [0.1, 0.15) is 17.2 Å². The van der Waals surface area contributed by atoms with Crippen molar-refractivity contribution in [2.75, 3.05) is 6.54 Å². The fourth-order valence-electron chi connectivity index (χ4n) is 3.47. The molecule has 0 saturated heterocycles. The number of nitrogens with zero attached hydrogens (tertiary/aromatic N) is 1. The molecule has 0 unspecified atom stereocenters. The van der Waals surface area contributed by atoms with E-state index in [-0.39, 0.29) is 35.8 Å². The van der Waals surface area contributed by atoms with Gasteiger partial charge in [-0.1, -0.05) is 17.7 Å². The van der Waals surface area contributed by atoms with Crippen LogP contribution >= 0.6 is 22.9 Å². The van der Waals surface area contributed by atoms with Crippen molar-refractivity contribution in [2.24, 2.45) is 5.73 Å². The highest BCUT2D eigenvalue weighted by Gasteiger charge is 2.31. The zero-order valence-electron chi connectivity index (χ0n) is 17.6. The molecule has 31 heavy (non-hydrogen) atoms. The van der Waals surface area contributed by atoms with Gasteiger partial charge in [-0.15, -0.1) is 11.3 Å². The van der Waals surface area contributed by atoms with Crippen molar-refractivity contribution < 1.29 is 23.5 Å². The van der Waals surface area contributed by atoms with Gasteiger partial charge in [-0.3, -0.25) is 9.59 Å². The summed E-state index contributed by atoms with van der Waals surface area (Å²) in [4.78, 5) is 40.1. The second kappa shape index (κ2) is 8.96. The van der Waals surface area contributed by atoms with Gasteiger partial charge < -0.3 is 15.4 Å². The molecule has 0 atom stereocenters. The van der Waals surface area contributed by atoms with E-state index in [2.05, 4.69) is 0 Å². The zero-order chi connectivity index (χ0) is 22.9. The van der Waals surface area contributed by atoms with E-state index >= 15 is 0 Å². The number of amides is 2. The molecule has 9 heteroatoms. The fraction of sp³-hybridized carbons (Fsp3) is 0.409. The summed E-state index contributed by atoms with van der Waals surface area (Å²) in [5.74, 6) is -1.40. The van der Waals surface area contributed by atoms with Crippen LogP contribution in [0.25, 0.3) is 0 Å². The average molecular weight is 467 g/mol. The lowest BCUT2D eigenvalue weighted by molar-refractivity contribution is -0.117. The minimum absolute atomic E-state index is 0.0373. The van der Waals surface area contributed by atoms with Crippen molar-refractivity contribution in [1.82, 2.24) is 4.90 Å². The summed E-state index contributed by atoms with van der Waals surface area (Å²) in [6, 6.07) is 4.16. The van der Waals surface area contributed by atoms with E-state index in [9.17, 15) is 18.8 Å². The van der Waals surface area contributed by atoms with E-state index in [1.807, 2.05) is 0 Å². The Morgan fingerprint density at radius 1 is 1.26 bits per heavy atom. The minimum Gasteiger partial charge on any atom is -0.444 e. The highest BCUT2D eigenvalue weighted by Crippen LogP contribution is 2.34. The predicted octanol–water partition coefficient (Wildman–Crippen LogP) is 4.29. The maximum atomic E-state index is 14.0. The van der Waals surface area contributed by atoms with Crippen molar-refractivity contribution in [3.8, 4) is 0 Å². The molecule has 1 aliphatic rings. The van der Waals surface area contributed by atoms with Crippen molar-refractivity contribution in [1.29, 1.82) is 0 Å². The van der Waals surface area contributed by atoms with E-state index in [1.165, 1.54) is 23.5 Å². The van der Waals surface area contributed by atoms with Gasteiger partial charge in [0.2, 0.25) is 5.91 Å². The Balaban J connectivity index is 1.79. The van der Waals surface area contributed by atoms with Gasteiger partial charge in [-0.05, 0) is 50.5 Å². The maximum Gasteiger partial charge on any atom is 0.410 e. The summed E-state index contributed by atoms with van der Waals surface area (Å²) in [5, 5.41) is 0.255. The zero-order valence-corrected chi connectivity index (χ0v) is 19.2. The molecule has 1 aliphatic heterocycles. The SMILES string of the molecule is CC(C)(C)OC(=O)N1CCc2c(sc(CC(=O)Cc3ccc(Cl)cc3F)c2C(N)=O)C1. The lowest BCUT2D eigenvalue weighted by atomic mass is 9.98. The molecule has 0 saturated carbocycles. The van der Waals surface area contributed by atoms with E-state index in [1.54, 1.807) is 25.7 Å². The third kappa shape index (κ3) is 5.62. The lowest BCUT2D eigenvalue weighted by Gasteiger charge is -2.30. The van der Waals surface area contributed by atoms with Crippen molar-refractivity contribution in [3.63, 3.8) is 0 Å². The smallest absolute Gasteiger partial charge is 0.410 e. The first-order chi connectivity index (χ1) is 14.4. The fourth-order valence-corrected chi connectivity index (χ4v) is 5.04. The predicted molar refractivity (Wildman–Crippen MR) is 117 cm³/mol. The quantitative estimate of drug-likeness (QED) is 0.711. The second-order valence-electron chi connectivity index (χ2n) is 8.45. The molecule has 0 radical (unpaired) electrons. The Kier molecular flexibility index (Phi) is 6.71. The summed E-state index contributed by atoms with van der Waals surface area (Å²) < 4.78 is 19.4. The van der Waals surface area contributed by atoms with E-state index in [0.717, 1.165) is 16.5 Å². The number of ether oxygens (including phenoxy) is 1. The Morgan fingerprint density at radius 3 is 2.58 bits per heavy atom. The molecule has 166 valence electrons. The third-order valence-electron chi connectivity index (χ3n) is 4.79. The topological polar surface area (TPSA) is 89.7 Å². The Labute approximate surface area is 189 Å². The van der Waals surface area contributed by atoms with Crippen molar-refractivity contribution in [2.45, 2.75) is 52.2 Å². The number of carbonyl (C=O) groups is 3. The van der Waals surface area contributed by atoms with Crippen molar-refractivity contribution >= 4 is 40.7 Å². The lowest BCUT2D eigenvalue weighted by Crippen LogP contribution is -2.39. The van der Waals surface area contributed by atoms with E-state index < -0.39 is 23.4 Å². The molecule has 1 aromatic carbocycles. The number of carbonyl (C=O) groups excluding carboxylic acids is 3. The van der Waals surface area contributed by atoms with E-state index in [4.69, 9.17) is 22.1 Å². The number of fused-ring (bicyclic) bond motifs is 1. The Hall–Kier alpha value is -2.45. The van der Waals surface area contributed by atoms with Gasteiger partial charge in [0, 0.05) is 34.2 Å². The van der Waals surface area contributed by atoms with Crippen LogP contribution in [-0.4, -0.2) is 34.8 Å². The molecule has 3 rings (SSSR count). The number of benzene rings is 1. The van der Waals surface area contributed by atoms with Gasteiger partial charge in [-0.25, -0.2) is 9.18 Å². The first-order valence-electron chi connectivity index (χ1n) is 9.81. The molecule has 2 amide bonds. The van der Waals surface area contributed by atoms with Crippen LogP contribution < -0.4 is 5.73 Å². The molecular weight excluding hydrogens is 443 g/mol. The number of thiophene rings is 1. The number of Topliss-reactive ketones (excluding diaryl/α,β-unsaturated/α-hetero) is 1. The number of halogens is 2. The van der Waals surface area contributed by atoms with Crippen LogP contribution in [0, 0.1) is 5.82 Å². The monoisotopic (exact) mass is 466 g/mol. The summed E-state index contributed by atoms with van der Waals surface area (Å²) in [6.07, 6.45) is -0.135. The highest BCUT2D eigenvalue weighted by atomic mass is 35.5. The van der Waals surface area contributed by atoms with Gasteiger partial charge in [0.25, 0.3) is 0 Å². The normalized spacial score (nSPS) is 13.6. The van der Waals surface area contributed by atoms with Crippen LogP contribution in [-0.2, 0) is 35.3 Å². The van der Waals surface area contributed by atoms with Crippen LogP contribution in [0.3, 0.4) is 0 Å². The second-order valence-corrected chi connectivity index (χ2v) is 10.1. The Morgan fingerprint density at radius 2 is 1.97 bits per heavy atom. The largest absolute Gasteiger partial charge is 0.444 e. The molecule has 2 heterocycles. The Bertz CT molecular complexity index is 1040. The standard InChI is InChI=1S/C22H24ClFN2O4S/c1-22(2,3)30-21(29)26-7-6-15-18(11-26)31-17(19(15)20(25)28)10-14(27)8-12-4-5-13(23)9-16(12)24/h4-5,9H,6-8,10-11H2,1-3H3,(H2,25,28). The first-order valence-corrected chi connectivity index (χ1v) is 11.0. The molecule has 0 spiro atoms. The first kappa shape index (κ1) is 23.2. The van der Waals surface area contributed by atoms with Crippen LogP contribution in [0.2, 0.25) is 5.02 Å². The minimum atomic E-state index is -0.611. The molecule has 6 nitrogen and oxygen atoms in total. The van der Waals surface area contributed by atoms with Gasteiger partial charge >= 0.3 is 6.09 Å². The molecule has 0 bridgehead atoms. The number of primary amides is 1. The number of rotatable bonds is 5.